The lowest BCUT2D eigenvalue weighted by Crippen LogP contribution is -2.63. The molecule has 1 saturated carbocycles. The van der Waals surface area contributed by atoms with Crippen LogP contribution in [0.3, 0.4) is 0 Å². The summed E-state index contributed by atoms with van der Waals surface area (Å²) < 4.78 is 0. The summed E-state index contributed by atoms with van der Waals surface area (Å²) in [6, 6.07) is 0. The zero-order chi connectivity index (χ0) is 18.3. The molecule has 0 radical (unpaired) electrons. The number of likely N-dealkylation sites (tertiary alicyclic amines) is 1. The highest BCUT2D eigenvalue weighted by Gasteiger charge is 2.53. The zero-order valence-electron chi connectivity index (χ0n) is 16.4. The highest BCUT2D eigenvalue weighted by molar-refractivity contribution is 5.77. The van der Waals surface area contributed by atoms with Crippen LogP contribution in [0.25, 0.3) is 0 Å². The molecule has 1 aromatic rings. The van der Waals surface area contributed by atoms with Gasteiger partial charge in [0.25, 0.3) is 0 Å². The van der Waals surface area contributed by atoms with E-state index < -0.39 is 0 Å². The van der Waals surface area contributed by atoms with E-state index in [9.17, 15) is 4.79 Å². The number of hydrogen-bond donors (Lipinski definition) is 0. The van der Waals surface area contributed by atoms with Crippen LogP contribution in [-0.2, 0) is 4.79 Å². The van der Waals surface area contributed by atoms with Crippen LogP contribution in [0.15, 0.2) is 12.4 Å². The lowest BCUT2D eigenvalue weighted by molar-refractivity contribution is -0.151. The molecule has 1 spiro atoms. The minimum Gasteiger partial charge on any atom is -0.341 e. The molecule has 142 valence electrons. The Morgan fingerprint density at radius 2 is 1.81 bits per heavy atom. The van der Waals surface area contributed by atoms with Gasteiger partial charge in [-0.15, -0.1) is 0 Å². The fourth-order valence-electron chi connectivity index (χ4n) is 5.11. The first-order chi connectivity index (χ1) is 12.5. The summed E-state index contributed by atoms with van der Waals surface area (Å²) in [5.74, 6) is 3.40. The monoisotopic (exact) mass is 356 g/mol. The van der Waals surface area contributed by atoms with Crippen LogP contribution in [0.4, 0.5) is 5.95 Å². The first-order valence-corrected chi connectivity index (χ1v) is 10.3. The Kier molecular flexibility index (Phi) is 4.66. The van der Waals surface area contributed by atoms with E-state index >= 15 is 0 Å². The molecule has 2 saturated heterocycles. The molecule has 0 atom stereocenters. The number of hydrogen-bond acceptors (Lipinski definition) is 4. The average molecular weight is 357 g/mol. The molecule has 5 nitrogen and oxygen atoms in total. The van der Waals surface area contributed by atoms with Gasteiger partial charge in [-0.2, -0.15) is 0 Å². The van der Waals surface area contributed by atoms with Crippen molar-refractivity contribution in [3.05, 3.63) is 18.0 Å². The average Bonchev–Trinajstić information content (AvgIpc) is 2.59. The largest absolute Gasteiger partial charge is 0.341 e. The Morgan fingerprint density at radius 3 is 2.35 bits per heavy atom. The Hall–Kier alpha value is -1.65. The number of rotatable bonds is 4. The molecule has 5 heteroatoms. The summed E-state index contributed by atoms with van der Waals surface area (Å²) in [6.07, 6.45) is 9.58. The maximum Gasteiger partial charge on any atom is 0.225 e. The molecule has 4 rings (SSSR count). The van der Waals surface area contributed by atoms with Gasteiger partial charge >= 0.3 is 0 Å². The molecule has 3 fully saturated rings. The predicted molar refractivity (Wildman–Crippen MR) is 103 cm³/mol. The number of carbonyl (C=O) groups excluding carboxylic acids is 1. The zero-order valence-corrected chi connectivity index (χ0v) is 16.4. The Bertz CT molecular complexity index is 634. The van der Waals surface area contributed by atoms with Gasteiger partial charge in [-0.25, -0.2) is 9.97 Å². The summed E-state index contributed by atoms with van der Waals surface area (Å²) in [5.41, 5.74) is 1.67. The van der Waals surface area contributed by atoms with Crippen LogP contribution in [-0.4, -0.2) is 47.0 Å². The molecule has 3 aliphatic rings. The number of carbonyl (C=O) groups is 1. The summed E-state index contributed by atoms with van der Waals surface area (Å²) in [7, 11) is 0. The topological polar surface area (TPSA) is 49.3 Å². The van der Waals surface area contributed by atoms with Gasteiger partial charge in [0.2, 0.25) is 11.9 Å². The van der Waals surface area contributed by atoms with Gasteiger partial charge in [-0.3, -0.25) is 4.79 Å². The van der Waals surface area contributed by atoms with Crippen molar-refractivity contribution in [1.29, 1.82) is 0 Å². The smallest absolute Gasteiger partial charge is 0.225 e. The third-order valence-electron chi connectivity index (χ3n) is 6.96. The molecular formula is C21H32N4O. The lowest BCUT2D eigenvalue weighted by Gasteiger charge is -2.59. The number of piperidine rings is 1. The highest BCUT2D eigenvalue weighted by Crippen LogP contribution is 2.55. The predicted octanol–water partition coefficient (Wildman–Crippen LogP) is 3.47. The number of nitrogens with zero attached hydrogens (tertiary/aromatic N) is 4. The van der Waals surface area contributed by atoms with Crippen LogP contribution in [0, 0.1) is 17.3 Å². The van der Waals surface area contributed by atoms with E-state index in [0.29, 0.717) is 23.7 Å². The fourth-order valence-corrected chi connectivity index (χ4v) is 5.11. The number of amides is 1. The van der Waals surface area contributed by atoms with E-state index in [1.807, 2.05) is 24.2 Å². The summed E-state index contributed by atoms with van der Waals surface area (Å²) in [4.78, 5) is 25.4. The Labute approximate surface area is 157 Å². The van der Waals surface area contributed by atoms with Crippen molar-refractivity contribution in [2.75, 3.05) is 31.1 Å². The van der Waals surface area contributed by atoms with Gasteiger partial charge in [0.05, 0.1) is 0 Å². The minimum absolute atomic E-state index is 0.299. The van der Waals surface area contributed by atoms with Crippen molar-refractivity contribution < 1.29 is 4.79 Å². The first kappa shape index (κ1) is 17.7. The van der Waals surface area contributed by atoms with E-state index in [0.717, 1.165) is 44.0 Å². The second kappa shape index (κ2) is 6.82. The molecule has 0 bridgehead atoms. The van der Waals surface area contributed by atoms with Gasteiger partial charge < -0.3 is 9.80 Å². The van der Waals surface area contributed by atoms with Gasteiger partial charge in [0, 0.05) is 50.4 Å². The SMILES string of the molecule is CCC(=O)N1CC2(CC(c3cnc(N4CCC(C(C)C)CC4)nc3)C2)C1. The lowest BCUT2D eigenvalue weighted by atomic mass is 9.56. The van der Waals surface area contributed by atoms with E-state index in [2.05, 4.69) is 28.7 Å². The molecule has 3 heterocycles. The molecule has 0 N–H and O–H groups in total. The summed E-state index contributed by atoms with van der Waals surface area (Å²) >= 11 is 0. The van der Waals surface area contributed by atoms with Gasteiger partial charge in [0.15, 0.2) is 0 Å². The molecule has 0 unspecified atom stereocenters. The molecular weight excluding hydrogens is 324 g/mol. The van der Waals surface area contributed by atoms with E-state index in [1.54, 1.807) is 0 Å². The highest BCUT2D eigenvalue weighted by atomic mass is 16.2. The summed E-state index contributed by atoms with van der Waals surface area (Å²) in [6.45, 7) is 10.7. The van der Waals surface area contributed by atoms with Crippen molar-refractivity contribution in [3.63, 3.8) is 0 Å². The molecule has 2 aliphatic heterocycles. The normalized spacial score (nSPS) is 23.2. The molecule has 1 amide bonds. The minimum atomic E-state index is 0.299. The standard InChI is InChI=1S/C21H32N4O/c1-4-19(26)25-13-21(14-25)9-17(10-21)18-11-22-20(23-12-18)24-7-5-16(6-8-24)15(2)3/h11-12,15-17H,4-10,13-14H2,1-3H3. The molecule has 1 aliphatic carbocycles. The second-order valence-electron chi connectivity index (χ2n) is 9.09. The summed E-state index contributed by atoms with van der Waals surface area (Å²) in [5, 5.41) is 0. The van der Waals surface area contributed by atoms with E-state index in [1.165, 1.54) is 31.2 Å². The van der Waals surface area contributed by atoms with Gasteiger partial charge in [0.1, 0.15) is 0 Å². The Balaban J connectivity index is 1.28. The number of aromatic nitrogens is 2. The number of anilines is 1. The van der Waals surface area contributed by atoms with Crippen LogP contribution >= 0.6 is 0 Å². The molecule has 1 aromatic heterocycles. The fraction of sp³-hybridized carbons (Fsp3) is 0.762. The second-order valence-corrected chi connectivity index (χ2v) is 9.09. The van der Waals surface area contributed by atoms with Crippen LogP contribution in [0.1, 0.15) is 64.4 Å². The van der Waals surface area contributed by atoms with Crippen molar-refractivity contribution in [3.8, 4) is 0 Å². The van der Waals surface area contributed by atoms with Crippen molar-refractivity contribution in [1.82, 2.24) is 14.9 Å². The molecule has 26 heavy (non-hydrogen) atoms. The van der Waals surface area contributed by atoms with Crippen LogP contribution in [0.5, 0.6) is 0 Å². The van der Waals surface area contributed by atoms with Crippen molar-refractivity contribution in [2.45, 2.75) is 58.8 Å². The van der Waals surface area contributed by atoms with Crippen molar-refractivity contribution >= 4 is 11.9 Å². The first-order valence-electron chi connectivity index (χ1n) is 10.3. The van der Waals surface area contributed by atoms with E-state index in [-0.39, 0.29) is 0 Å². The van der Waals surface area contributed by atoms with E-state index in [4.69, 9.17) is 0 Å². The third kappa shape index (κ3) is 3.21. The van der Waals surface area contributed by atoms with Gasteiger partial charge in [-0.05, 0) is 49.0 Å². The van der Waals surface area contributed by atoms with Crippen LogP contribution in [0.2, 0.25) is 0 Å². The Morgan fingerprint density at radius 1 is 1.19 bits per heavy atom. The quantitative estimate of drug-likeness (QED) is 0.829. The van der Waals surface area contributed by atoms with Crippen molar-refractivity contribution in [2.24, 2.45) is 17.3 Å². The molecule has 0 aromatic carbocycles. The maximum atomic E-state index is 11.7. The van der Waals surface area contributed by atoms with Gasteiger partial charge in [-0.1, -0.05) is 20.8 Å². The van der Waals surface area contributed by atoms with Crippen LogP contribution < -0.4 is 4.90 Å². The third-order valence-corrected chi connectivity index (χ3v) is 6.96. The maximum absolute atomic E-state index is 11.7.